The van der Waals surface area contributed by atoms with Gasteiger partial charge in [-0.3, -0.25) is 4.99 Å². The molecule has 0 amide bonds. The highest BCUT2D eigenvalue weighted by atomic mass is 15.0. The van der Waals surface area contributed by atoms with E-state index in [-0.39, 0.29) is 6.04 Å². The number of hydrogen-bond acceptors (Lipinski definition) is 1. The fourth-order valence-electron chi connectivity index (χ4n) is 8.19. The lowest BCUT2D eigenvalue weighted by Gasteiger charge is -2.14. The van der Waals surface area contributed by atoms with Gasteiger partial charge in [-0.2, -0.15) is 0 Å². The molecule has 2 N–H and O–H groups in total. The number of fused-ring (bicyclic) bond motifs is 6. The summed E-state index contributed by atoms with van der Waals surface area (Å²) in [6.45, 7) is 15.0. The molecule has 0 spiro atoms. The molecule has 1 atom stereocenters. The molecule has 10 aromatic rings. The minimum absolute atomic E-state index is 0.0312. The van der Waals surface area contributed by atoms with Crippen LogP contribution in [0.4, 0.5) is 0 Å². The van der Waals surface area contributed by atoms with E-state index in [2.05, 4.69) is 212 Å². The number of hydrogen-bond donors (Lipinski definition) is 1. The summed E-state index contributed by atoms with van der Waals surface area (Å²) >= 11 is 0. The van der Waals surface area contributed by atoms with Gasteiger partial charge >= 0.3 is 0 Å². The number of aliphatic imine (C=N–C) groups is 1. The van der Waals surface area contributed by atoms with E-state index in [1.807, 2.05) is 38.1 Å². The van der Waals surface area contributed by atoms with Crippen molar-refractivity contribution in [2.45, 2.75) is 40.2 Å². The van der Waals surface area contributed by atoms with Gasteiger partial charge < -0.3 is 14.9 Å². The van der Waals surface area contributed by atoms with Gasteiger partial charge in [0.15, 0.2) is 0 Å². The Labute approximate surface area is 372 Å². The number of aryl methyl sites for hydroxylation is 1. The van der Waals surface area contributed by atoms with Crippen molar-refractivity contribution < 1.29 is 0 Å². The van der Waals surface area contributed by atoms with Gasteiger partial charge in [-0.05, 0) is 84.6 Å². The summed E-state index contributed by atoms with van der Waals surface area (Å²) in [5, 5.41) is 4.93. The largest absolute Gasteiger partial charge is 0.383 e. The van der Waals surface area contributed by atoms with E-state index in [1.165, 1.54) is 54.8 Å². The van der Waals surface area contributed by atoms with Gasteiger partial charge in [-0.15, -0.1) is 0 Å². The molecule has 1 unspecified atom stereocenters. The Kier molecular flexibility index (Phi) is 14.3. The smallest absolute Gasteiger partial charge is 0.126 e. The molecule has 2 aromatic heterocycles. The quantitative estimate of drug-likeness (QED) is 0.0926. The molecule has 8 aromatic carbocycles. The highest BCUT2D eigenvalue weighted by molar-refractivity contribution is 6.20. The number of allylic oxidation sites excluding steroid dienone is 2. The van der Waals surface area contributed by atoms with Gasteiger partial charge in [0.1, 0.15) is 5.84 Å². The lowest BCUT2D eigenvalue weighted by atomic mass is 9.97. The van der Waals surface area contributed by atoms with E-state index in [1.54, 1.807) is 12.2 Å². The van der Waals surface area contributed by atoms with Crippen molar-refractivity contribution in [1.29, 1.82) is 0 Å². The maximum Gasteiger partial charge on any atom is 0.126 e. The molecule has 0 aliphatic carbocycles. The predicted molar refractivity (Wildman–Crippen MR) is 274 cm³/mol. The van der Waals surface area contributed by atoms with Crippen LogP contribution < -0.4 is 5.73 Å². The van der Waals surface area contributed by atoms with Crippen molar-refractivity contribution in [1.82, 2.24) is 9.13 Å². The summed E-state index contributed by atoms with van der Waals surface area (Å²) in [4.78, 5) is 4.83. The molecule has 4 heteroatoms. The van der Waals surface area contributed by atoms with E-state index in [4.69, 9.17) is 10.7 Å². The summed E-state index contributed by atoms with van der Waals surface area (Å²) in [5.41, 5.74) is 19.4. The van der Waals surface area contributed by atoms with Crippen LogP contribution in [0.2, 0.25) is 0 Å². The molecule has 4 nitrogen and oxygen atoms in total. The fourth-order valence-corrected chi connectivity index (χ4v) is 8.19. The minimum atomic E-state index is -0.0312. The Bertz CT molecular complexity index is 3090. The van der Waals surface area contributed by atoms with Crippen LogP contribution in [0.15, 0.2) is 230 Å². The molecule has 0 fully saturated rings. The van der Waals surface area contributed by atoms with Gasteiger partial charge in [0.25, 0.3) is 0 Å². The van der Waals surface area contributed by atoms with Crippen LogP contribution in [0.25, 0.3) is 66.1 Å². The highest BCUT2D eigenvalue weighted by Gasteiger charge is 2.21. The zero-order valence-corrected chi connectivity index (χ0v) is 36.8. The molecule has 0 bridgehead atoms. The average molecular weight is 821 g/mol. The lowest BCUT2D eigenvalue weighted by Crippen LogP contribution is -2.14. The first-order valence-electron chi connectivity index (χ1n) is 21.9. The Morgan fingerprint density at radius 1 is 0.524 bits per heavy atom. The van der Waals surface area contributed by atoms with E-state index < -0.39 is 0 Å². The first kappa shape index (κ1) is 43.4. The van der Waals surface area contributed by atoms with Crippen molar-refractivity contribution in [2.75, 3.05) is 0 Å². The number of para-hydroxylation sites is 4. The SMILES string of the molecule is C=CC=C.CC.CC(N=C(N)c1ccc(-n2c3ccccc3c3cccc(-c4cccc5c4c4ccccc4n5-c4ccccc4)c32)cc1)c1ccccc1.CCc1ccccc1. The van der Waals surface area contributed by atoms with Crippen molar-refractivity contribution in [3.63, 3.8) is 0 Å². The number of nitrogens with zero attached hydrogens (tertiary/aromatic N) is 3. The number of nitrogens with two attached hydrogens (primary N) is 1. The Hall–Kier alpha value is -7.69. The molecule has 63 heavy (non-hydrogen) atoms. The topological polar surface area (TPSA) is 48.2 Å². The van der Waals surface area contributed by atoms with Crippen LogP contribution >= 0.6 is 0 Å². The van der Waals surface area contributed by atoms with Crippen LogP contribution in [0, 0.1) is 0 Å². The van der Waals surface area contributed by atoms with Gasteiger partial charge in [0, 0.05) is 44.0 Å². The summed E-state index contributed by atoms with van der Waals surface area (Å²) < 4.78 is 4.78. The summed E-state index contributed by atoms with van der Waals surface area (Å²) in [6.07, 6.45) is 4.42. The molecule has 0 aliphatic heterocycles. The third-order valence-corrected chi connectivity index (χ3v) is 11.2. The van der Waals surface area contributed by atoms with Crippen molar-refractivity contribution in [2.24, 2.45) is 10.7 Å². The Morgan fingerprint density at radius 2 is 1.02 bits per heavy atom. The van der Waals surface area contributed by atoms with Crippen LogP contribution in [0.1, 0.15) is 50.4 Å². The third-order valence-electron chi connectivity index (χ3n) is 11.2. The standard InChI is InChI=1S/C45H34N4.C8H10.C4H6.C2H6/c1-30(31-14-4-2-5-15-31)47-45(46)32-26-28-34(29-27-32)49-40-23-10-8-18-35(40)37-21-12-22-38(44(37)49)36-20-13-25-42-43(36)39-19-9-11-24-41(39)48(42)33-16-6-3-7-17-33;1-2-8-6-4-3-5-7-8;1-3-4-2;1-2/h2-30H,1H3,(H2,46,47);3-7H,2H2,1H3;3-4H,1-2H2;1-2H3. The molecule has 312 valence electrons. The Balaban J connectivity index is 0.000000370. The number of benzene rings is 8. The van der Waals surface area contributed by atoms with E-state index >= 15 is 0 Å². The lowest BCUT2D eigenvalue weighted by molar-refractivity contribution is 0.818. The van der Waals surface area contributed by atoms with E-state index in [0.29, 0.717) is 5.84 Å². The van der Waals surface area contributed by atoms with Gasteiger partial charge in [-0.1, -0.05) is 192 Å². The molecular formula is C59H56N4. The molecule has 2 heterocycles. The predicted octanol–water partition coefficient (Wildman–Crippen LogP) is 15.6. The van der Waals surface area contributed by atoms with Crippen molar-refractivity contribution >= 4 is 49.4 Å². The Morgan fingerprint density at radius 3 is 1.63 bits per heavy atom. The van der Waals surface area contributed by atoms with Crippen LogP contribution in [0.3, 0.4) is 0 Å². The first-order valence-corrected chi connectivity index (χ1v) is 21.9. The molecule has 0 saturated heterocycles. The number of amidine groups is 1. The second-order valence-electron chi connectivity index (χ2n) is 14.9. The van der Waals surface area contributed by atoms with E-state index in [9.17, 15) is 0 Å². The number of rotatable bonds is 8. The molecule has 0 radical (unpaired) electrons. The second-order valence-corrected chi connectivity index (χ2v) is 14.9. The fraction of sp³-hybridized carbons (Fsp3) is 0.102. The van der Waals surface area contributed by atoms with Crippen molar-refractivity contribution in [3.8, 4) is 22.5 Å². The summed E-state index contributed by atoms with van der Waals surface area (Å²) in [6, 6.07) is 70.7. The maximum absolute atomic E-state index is 6.57. The molecular weight excluding hydrogens is 765 g/mol. The molecule has 10 rings (SSSR count). The van der Waals surface area contributed by atoms with Crippen LogP contribution in [-0.2, 0) is 6.42 Å². The van der Waals surface area contributed by atoms with Crippen molar-refractivity contribution in [3.05, 3.63) is 242 Å². The van der Waals surface area contributed by atoms with Gasteiger partial charge in [0.2, 0.25) is 0 Å². The number of aromatic nitrogens is 2. The van der Waals surface area contributed by atoms with Gasteiger partial charge in [0.05, 0.1) is 28.1 Å². The monoisotopic (exact) mass is 820 g/mol. The average Bonchev–Trinajstić information content (AvgIpc) is 3.89. The summed E-state index contributed by atoms with van der Waals surface area (Å²) in [7, 11) is 0. The van der Waals surface area contributed by atoms with Crippen LogP contribution in [0.5, 0.6) is 0 Å². The maximum atomic E-state index is 6.57. The minimum Gasteiger partial charge on any atom is -0.383 e. The highest BCUT2D eigenvalue weighted by Crippen LogP contribution is 2.43. The molecule has 0 saturated carbocycles. The van der Waals surface area contributed by atoms with Gasteiger partial charge in [-0.25, -0.2) is 0 Å². The van der Waals surface area contributed by atoms with E-state index in [0.717, 1.165) is 34.4 Å². The van der Waals surface area contributed by atoms with Crippen LogP contribution in [-0.4, -0.2) is 15.0 Å². The summed E-state index contributed by atoms with van der Waals surface area (Å²) in [5.74, 6) is 0.535. The second kappa shape index (κ2) is 20.7. The normalized spacial score (nSPS) is 11.5. The zero-order chi connectivity index (χ0) is 44.1. The molecule has 0 aliphatic rings. The first-order chi connectivity index (χ1) is 31.0. The third kappa shape index (κ3) is 9.17. The zero-order valence-electron chi connectivity index (χ0n) is 36.8.